The van der Waals surface area contributed by atoms with Gasteiger partial charge >= 0.3 is 7.12 Å². The van der Waals surface area contributed by atoms with Crippen molar-refractivity contribution < 1.29 is 23.7 Å². The van der Waals surface area contributed by atoms with E-state index in [-0.39, 0.29) is 35.6 Å². The van der Waals surface area contributed by atoms with Crippen LogP contribution in [0.15, 0.2) is 59.8 Å². The lowest BCUT2D eigenvalue weighted by Gasteiger charge is -2.64. The number of rotatable bonds is 10. The molecule has 1 amide bonds. The van der Waals surface area contributed by atoms with E-state index in [1.807, 2.05) is 42.5 Å². The number of nitrogens with one attached hydrogen (secondary N) is 1. The van der Waals surface area contributed by atoms with E-state index >= 15 is 0 Å². The fourth-order valence-electron chi connectivity index (χ4n) is 7.69. The van der Waals surface area contributed by atoms with Crippen LogP contribution in [0.1, 0.15) is 65.9 Å². The van der Waals surface area contributed by atoms with Crippen molar-refractivity contribution in [2.45, 2.75) is 90.0 Å². The molecular formula is C33H42BClN2O5. The molecule has 7 nitrogen and oxygen atoms in total. The van der Waals surface area contributed by atoms with E-state index < -0.39 is 12.7 Å². The van der Waals surface area contributed by atoms with Crippen molar-refractivity contribution in [2.75, 3.05) is 6.61 Å². The fourth-order valence-corrected chi connectivity index (χ4v) is 7.87. The summed E-state index contributed by atoms with van der Waals surface area (Å²) in [4.78, 5) is 20.3. The largest absolute Gasteiger partial charge is 0.487 e. The van der Waals surface area contributed by atoms with Gasteiger partial charge in [-0.15, -0.1) is 0 Å². The molecule has 2 aromatic rings. The zero-order valence-corrected chi connectivity index (χ0v) is 26.0. The maximum atomic E-state index is 14.3. The van der Waals surface area contributed by atoms with Crippen LogP contribution >= 0.6 is 11.6 Å². The lowest BCUT2D eigenvalue weighted by Crippen LogP contribution is -2.65. The van der Waals surface area contributed by atoms with Crippen LogP contribution in [0, 0.1) is 23.2 Å². The Morgan fingerprint density at radius 3 is 2.64 bits per heavy atom. The molecule has 3 saturated carbocycles. The van der Waals surface area contributed by atoms with Crippen LogP contribution < -0.4 is 10.1 Å². The summed E-state index contributed by atoms with van der Waals surface area (Å²) >= 11 is 6.12. The average molecular weight is 593 g/mol. The second kappa shape index (κ2) is 11.2. The van der Waals surface area contributed by atoms with Crippen LogP contribution in [-0.2, 0) is 25.4 Å². The van der Waals surface area contributed by atoms with E-state index in [1.54, 1.807) is 12.1 Å². The number of oxime groups is 1. The highest BCUT2D eigenvalue weighted by atomic mass is 35.5. The summed E-state index contributed by atoms with van der Waals surface area (Å²) in [6, 6.07) is 17.1. The van der Waals surface area contributed by atoms with Crippen LogP contribution in [0.4, 0.5) is 0 Å². The number of benzene rings is 2. The number of amides is 1. The lowest BCUT2D eigenvalue weighted by atomic mass is 9.43. The molecule has 3 aliphatic carbocycles. The maximum Gasteiger partial charge on any atom is 0.481 e. The third-order valence-corrected chi connectivity index (χ3v) is 10.4. The van der Waals surface area contributed by atoms with Gasteiger partial charge in [-0.1, -0.05) is 80.8 Å². The molecule has 0 spiro atoms. The highest BCUT2D eigenvalue weighted by molar-refractivity contribution is 6.48. The Kier molecular flexibility index (Phi) is 7.86. The standard InChI is InChI=1S/C33H42BClN2O5/c1-21(2)14-29(34-40-28-16-23-15-27(31(23,3)4)32(28,5)41-34)36-30(38)33(18-22-10-7-6-8-11-22)19-25(37-42-33)20-39-26-13-9-12-24(35)17-26/h6-13,17,21,23,27-29H,14-16,18-20H2,1-5H3,(H,36,38)/t23-,27-,28+,29-,32-,33?/m0/s1. The van der Waals surface area contributed by atoms with Gasteiger partial charge < -0.3 is 24.2 Å². The molecule has 2 aromatic carbocycles. The second-order valence-electron chi connectivity index (χ2n) is 13.9. The highest BCUT2D eigenvalue weighted by Gasteiger charge is 2.68. The number of carbonyl (C=O) groups excluding carboxylic acids is 1. The Labute approximate surface area is 254 Å². The molecule has 5 aliphatic rings. The van der Waals surface area contributed by atoms with Gasteiger partial charge in [0.05, 0.1) is 23.4 Å². The molecule has 42 heavy (non-hydrogen) atoms. The zero-order valence-electron chi connectivity index (χ0n) is 25.3. The Hall–Kier alpha value is -2.55. The molecule has 0 aromatic heterocycles. The minimum atomic E-state index is -1.21. The minimum Gasteiger partial charge on any atom is -0.487 e. The Morgan fingerprint density at radius 1 is 1.14 bits per heavy atom. The third-order valence-electron chi connectivity index (χ3n) is 10.1. The van der Waals surface area contributed by atoms with E-state index in [1.165, 1.54) is 6.42 Å². The summed E-state index contributed by atoms with van der Waals surface area (Å²) in [6.45, 7) is 11.4. The molecular weight excluding hydrogens is 551 g/mol. The zero-order chi connectivity index (χ0) is 29.7. The first-order valence-electron chi connectivity index (χ1n) is 15.3. The van der Waals surface area contributed by atoms with E-state index in [9.17, 15) is 4.79 Å². The van der Waals surface area contributed by atoms with Crippen molar-refractivity contribution in [1.29, 1.82) is 0 Å². The van der Waals surface area contributed by atoms with Gasteiger partial charge in [0.1, 0.15) is 12.4 Å². The Bertz CT molecular complexity index is 1340. The molecule has 1 unspecified atom stereocenters. The Balaban J connectivity index is 1.19. The SMILES string of the molecule is CC(C)C[C@H](NC(=O)C1(Cc2ccccc2)CC(COc2cccc(Cl)c2)=NO1)B1O[C@@H]2C[C@@H]3C[C@@H](C3(C)C)[C@]2(C)O1. The number of hydrogen-bond acceptors (Lipinski definition) is 6. The molecule has 7 rings (SSSR count). The first kappa shape index (κ1) is 29.5. The van der Waals surface area contributed by atoms with Crippen molar-refractivity contribution in [3.63, 3.8) is 0 Å². The molecule has 0 radical (unpaired) electrons. The summed E-state index contributed by atoms with van der Waals surface area (Å²) in [5.41, 5.74) is 0.355. The number of ether oxygens (including phenoxy) is 1. The van der Waals surface area contributed by atoms with Gasteiger partial charge in [0.15, 0.2) is 0 Å². The van der Waals surface area contributed by atoms with Crippen molar-refractivity contribution in [1.82, 2.24) is 5.32 Å². The van der Waals surface area contributed by atoms with E-state index in [0.29, 0.717) is 47.1 Å². The summed E-state index contributed by atoms with van der Waals surface area (Å²) < 4.78 is 19.4. The molecule has 224 valence electrons. The van der Waals surface area contributed by atoms with Gasteiger partial charge in [-0.25, -0.2) is 0 Å². The van der Waals surface area contributed by atoms with Gasteiger partial charge in [-0.05, 0) is 73.1 Å². The lowest BCUT2D eigenvalue weighted by molar-refractivity contribution is -0.199. The molecule has 1 saturated heterocycles. The van der Waals surface area contributed by atoms with Gasteiger partial charge in [-0.2, -0.15) is 0 Å². The molecule has 2 bridgehead atoms. The average Bonchev–Trinajstić information content (AvgIpc) is 3.53. The van der Waals surface area contributed by atoms with Gasteiger partial charge in [0, 0.05) is 17.9 Å². The third kappa shape index (κ3) is 5.46. The summed E-state index contributed by atoms with van der Waals surface area (Å²) in [7, 11) is -0.511. The summed E-state index contributed by atoms with van der Waals surface area (Å²) in [5.74, 6) is 1.55. The van der Waals surface area contributed by atoms with Gasteiger partial charge in [-0.3, -0.25) is 4.79 Å². The van der Waals surface area contributed by atoms with Crippen LogP contribution in [0.25, 0.3) is 0 Å². The number of halogens is 1. The topological polar surface area (TPSA) is 78.4 Å². The Morgan fingerprint density at radius 2 is 1.93 bits per heavy atom. The van der Waals surface area contributed by atoms with Crippen LogP contribution in [0.5, 0.6) is 5.75 Å². The van der Waals surface area contributed by atoms with E-state index in [0.717, 1.165) is 18.4 Å². The smallest absolute Gasteiger partial charge is 0.481 e. The molecule has 2 heterocycles. The van der Waals surface area contributed by atoms with Crippen LogP contribution in [0.3, 0.4) is 0 Å². The van der Waals surface area contributed by atoms with Gasteiger partial charge in [0.25, 0.3) is 5.91 Å². The van der Waals surface area contributed by atoms with Gasteiger partial charge in [0.2, 0.25) is 5.60 Å². The molecule has 2 aliphatic heterocycles. The molecule has 6 atom stereocenters. The van der Waals surface area contributed by atoms with Crippen LogP contribution in [0.2, 0.25) is 5.02 Å². The van der Waals surface area contributed by atoms with Crippen molar-refractivity contribution in [3.8, 4) is 5.75 Å². The minimum absolute atomic E-state index is 0.0467. The van der Waals surface area contributed by atoms with Crippen molar-refractivity contribution in [2.24, 2.45) is 28.3 Å². The summed E-state index contributed by atoms with van der Waals surface area (Å²) in [5, 5.41) is 8.27. The quantitative estimate of drug-likeness (QED) is 0.329. The predicted octanol–water partition coefficient (Wildman–Crippen LogP) is 6.28. The molecule has 4 fully saturated rings. The summed E-state index contributed by atoms with van der Waals surface area (Å²) in [6.07, 6.45) is 3.65. The fraction of sp³-hybridized carbons (Fsp3) is 0.576. The first-order chi connectivity index (χ1) is 20.0. The number of nitrogens with zero attached hydrogens (tertiary/aromatic N) is 1. The van der Waals surface area contributed by atoms with Crippen molar-refractivity contribution in [3.05, 3.63) is 65.2 Å². The number of hydrogen-bond donors (Lipinski definition) is 1. The normalized spacial score (nSPS) is 31.5. The maximum absolute atomic E-state index is 14.3. The highest BCUT2D eigenvalue weighted by Crippen LogP contribution is 2.65. The first-order valence-corrected chi connectivity index (χ1v) is 15.7. The number of carbonyl (C=O) groups is 1. The monoisotopic (exact) mass is 592 g/mol. The van der Waals surface area contributed by atoms with Crippen molar-refractivity contribution >= 4 is 30.3 Å². The molecule has 1 N–H and O–H groups in total. The van der Waals surface area contributed by atoms with E-state index in [4.69, 9.17) is 30.5 Å². The predicted molar refractivity (Wildman–Crippen MR) is 164 cm³/mol. The second-order valence-corrected chi connectivity index (χ2v) is 14.3. The van der Waals surface area contributed by atoms with Crippen LogP contribution in [-0.4, -0.2) is 48.6 Å². The molecule has 9 heteroatoms. The van der Waals surface area contributed by atoms with E-state index in [2.05, 4.69) is 45.1 Å².